The van der Waals surface area contributed by atoms with E-state index in [1.54, 1.807) is 6.92 Å². The summed E-state index contributed by atoms with van der Waals surface area (Å²) in [4.78, 5) is 11.4. The molecule has 24 heavy (non-hydrogen) atoms. The van der Waals surface area contributed by atoms with E-state index < -0.39 is 5.97 Å². The van der Waals surface area contributed by atoms with Crippen molar-refractivity contribution in [3.63, 3.8) is 0 Å². The van der Waals surface area contributed by atoms with Crippen LogP contribution in [0, 0.1) is 6.92 Å². The molecule has 3 nitrogen and oxygen atoms in total. The summed E-state index contributed by atoms with van der Waals surface area (Å²) in [7, 11) is 0. The lowest BCUT2D eigenvalue weighted by Gasteiger charge is -2.14. The number of carbonyl (C=O) groups excluding carboxylic acids is 1. The number of hydrogen-bond donors (Lipinski definition) is 0. The first-order valence-corrected chi connectivity index (χ1v) is 7.94. The van der Waals surface area contributed by atoms with E-state index in [1.807, 2.05) is 18.2 Å². The predicted molar refractivity (Wildman–Crippen MR) is 97.5 cm³/mol. The standard InChI is InChI=1S/C21H20O3/c1-14(2)21(22)24-11-10-23-20-18-7-5-4-6-16(18)13-17-9-8-15(3)12-19(17)20/h4-9,12-13H,1,10-11H2,2-3H3. The van der Waals surface area contributed by atoms with Crippen LogP contribution in [0.3, 0.4) is 0 Å². The van der Waals surface area contributed by atoms with E-state index in [0.717, 1.165) is 27.3 Å². The average Bonchev–Trinajstić information content (AvgIpc) is 2.57. The summed E-state index contributed by atoms with van der Waals surface area (Å²) in [5.74, 6) is 0.440. The summed E-state index contributed by atoms with van der Waals surface area (Å²) < 4.78 is 11.1. The van der Waals surface area contributed by atoms with Gasteiger partial charge < -0.3 is 9.47 Å². The highest BCUT2D eigenvalue weighted by atomic mass is 16.6. The van der Waals surface area contributed by atoms with E-state index in [1.165, 1.54) is 5.56 Å². The number of carbonyl (C=O) groups is 1. The van der Waals surface area contributed by atoms with Gasteiger partial charge in [-0.1, -0.05) is 48.5 Å². The monoisotopic (exact) mass is 320 g/mol. The largest absolute Gasteiger partial charge is 0.489 e. The summed E-state index contributed by atoms with van der Waals surface area (Å²) in [5, 5.41) is 4.39. The highest BCUT2D eigenvalue weighted by molar-refractivity contribution is 6.05. The molecular formula is C21H20O3. The SMILES string of the molecule is C=C(C)C(=O)OCCOc1c2ccccc2cc2ccc(C)cc12. The van der Waals surface area contributed by atoms with Crippen molar-refractivity contribution in [1.29, 1.82) is 0 Å². The molecule has 0 radical (unpaired) electrons. The fourth-order valence-electron chi connectivity index (χ4n) is 2.69. The van der Waals surface area contributed by atoms with Gasteiger partial charge in [-0.15, -0.1) is 0 Å². The van der Waals surface area contributed by atoms with E-state index in [9.17, 15) is 4.79 Å². The maximum absolute atomic E-state index is 11.4. The molecule has 0 unspecified atom stereocenters. The lowest BCUT2D eigenvalue weighted by Crippen LogP contribution is -2.12. The lowest BCUT2D eigenvalue weighted by atomic mass is 10.0. The van der Waals surface area contributed by atoms with Gasteiger partial charge in [0.05, 0.1) is 0 Å². The smallest absolute Gasteiger partial charge is 0.333 e. The summed E-state index contributed by atoms with van der Waals surface area (Å²) in [6.07, 6.45) is 0. The number of aryl methyl sites for hydroxylation is 1. The van der Waals surface area contributed by atoms with Crippen molar-refractivity contribution >= 4 is 27.5 Å². The molecule has 0 saturated carbocycles. The minimum Gasteiger partial charge on any atom is -0.489 e. The Balaban J connectivity index is 1.93. The Morgan fingerprint density at radius 1 is 1.00 bits per heavy atom. The van der Waals surface area contributed by atoms with Gasteiger partial charge >= 0.3 is 5.97 Å². The molecule has 0 amide bonds. The van der Waals surface area contributed by atoms with Crippen LogP contribution in [0.5, 0.6) is 5.75 Å². The van der Waals surface area contributed by atoms with E-state index >= 15 is 0 Å². The van der Waals surface area contributed by atoms with Gasteiger partial charge in [0.2, 0.25) is 0 Å². The van der Waals surface area contributed by atoms with Crippen LogP contribution in [0.25, 0.3) is 21.5 Å². The molecule has 0 aromatic heterocycles. The molecule has 3 heteroatoms. The van der Waals surface area contributed by atoms with Crippen molar-refractivity contribution < 1.29 is 14.3 Å². The van der Waals surface area contributed by atoms with Gasteiger partial charge in [0.1, 0.15) is 19.0 Å². The Morgan fingerprint density at radius 2 is 1.75 bits per heavy atom. The maximum atomic E-state index is 11.4. The molecule has 0 spiro atoms. The molecule has 0 heterocycles. The second-order valence-electron chi connectivity index (χ2n) is 5.92. The third kappa shape index (κ3) is 3.25. The summed E-state index contributed by atoms with van der Waals surface area (Å²) in [6, 6.07) is 16.6. The fourth-order valence-corrected chi connectivity index (χ4v) is 2.69. The molecule has 3 rings (SSSR count). The molecule has 122 valence electrons. The van der Waals surface area contributed by atoms with Crippen LogP contribution >= 0.6 is 0 Å². The fraction of sp³-hybridized carbons (Fsp3) is 0.190. The van der Waals surface area contributed by atoms with Crippen LogP contribution in [-0.2, 0) is 9.53 Å². The second kappa shape index (κ2) is 6.75. The normalized spacial score (nSPS) is 10.8. The first-order valence-electron chi connectivity index (χ1n) is 7.94. The van der Waals surface area contributed by atoms with Crippen LogP contribution in [-0.4, -0.2) is 19.2 Å². The molecule has 0 aliphatic carbocycles. The van der Waals surface area contributed by atoms with E-state index in [2.05, 4.69) is 43.8 Å². The third-order valence-corrected chi connectivity index (χ3v) is 3.88. The van der Waals surface area contributed by atoms with E-state index in [-0.39, 0.29) is 6.61 Å². The van der Waals surface area contributed by atoms with Gasteiger partial charge in [-0.3, -0.25) is 0 Å². The number of hydrogen-bond acceptors (Lipinski definition) is 3. The van der Waals surface area contributed by atoms with E-state index in [4.69, 9.17) is 9.47 Å². The number of ether oxygens (including phenoxy) is 2. The Hall–Kier alpha value is -2.81. The highest BCUT2D eigenvalue weighted by Gasteiger charge is 2.10. The Bertz CT molecular complexity index is 925. The van der Waals surface area contributed by atoms with Crippen LogP contribution < -0.4 is 4.74 Å². The molecule has 0 atom stereocenters. The van der Waals surface area contributed by atoms with Crippen LogP contribution in [0.4, 0.5) is 0 Å². The van der Waals surface area contributed by atoms with Gasteiger partial charge in [0, 0.05) is 16.3 Å². The minimum atomic E-state index is -0.391. The van der Waals surface area contributed by atoms with Crippen LogP contribution in [0.15, 0.2) is 60.7 Å². The van der Waals surface area contributed by atoms with Crippen LogP contribution in [0.1, 0.15) is 12.5 Å². The van der Waals surface area contributed by atoms with E-state index in [0.29, 0.717) is 12.2 Å². The molecular weight excluding hydrogens is 300 g/mol. The van der Waals surface area contributed by atoms with Crippen molar-refractivity contribution in [1.82, 2.24) is 0 Å². The summed E-state index contributed by atoms with van der Waals surface area (Å²) >= 11 is 0. The predicted octanol–water partition coefficient (Wildman–Crippen LogP) is 4.80. The quantitative estimate of drug-likeness (QED) is 0.293. The lowest BCUT2D eigenvalue weighted by molar-refractivity contribution is -0.139. The Labute approximate surface area is 141 Å². The van der Waals surface area contributed by atoms with Gasteiger partial charge in [0.15, 0.2) is 0 Å². The second-order valence-corrected chi connectivity index (χ2v) is 5.92. The molecule has 0 N–H and O–H groups in total. The van der Waals surface area contributed by atoms with Crippen molar-refractivity contribution in [3.05, 3.63) is 66.2 Å². The van der Waals surface area contributed by atoms with Crippen molar-refractivity contribution in [2.45, 2.75) is 13.8 Å². The Morgan fingerprint density at radius 3 is 2.54 bits per heavy atom. The van der Waals surface area contributed by atoms with Crippen molar-refractivity contribution in [3.8, 4) is 5.75 Å². The summed E-state index contributed by atoms with van der Waals surface area (Å²) in [5.41, 5.74) is 1.57. The van der Waals surface area contributed by atoms with Crippen molar-refractivity contribution in [2.75, 3.05) is 13.2 Å². The first kappa shape index (κ1) is 16.1. The average molecular weight is 320 g/mol. The van der Waals surface area contributed by atoms with Gasteiger partial charge in [0.25, 0.3) is 0 Å². The number of fused-ring (bicyclic) bond motifs is 2. The number of benzene rings is 3. The Kier molecular flexibility index (Phi) is 4.52. The molecule has 0 aliphatic heterocycles. The topological polar surface area (TPSA) is 35.5 Å². The highest BCUT2D eigenvalue weighted by Crippen LogP contribution is 2.35. The summed E-state index contributed by atoms with van der Waals surface area (Å²) in [6.45, 7) is 7.76. The first-order chi connectivity index (χ1) is 11.6. The molecule has 3 aromatic carbocycles. The molecule has 0 aliphatic rings. The zero-order chi connectivity index (χ0) is 17.1. The molecule has 3 aromatic rings. The maximum Gasteiger partial charge on any atom is 0.333 e. The molecule has 0 fully saturated rings. The molecule has 0 bridgehead atoms. The van der Waals surface area contributed by atoms with Gasteiger partial charge in [-0.2, -0.15) is 0 Å². The van der Waals surface area contributed by atoms with Crippen LogP contribution in [0.2, 0.25) is 0 Å². The zero-order valence-corrected chi connectivity index (χ0v) is 14.0. The number of rotatable bonds is 5. The van der Waals surface area contributed by atoms with Crippen molar-refractivity contribution in [2.24, 2.45) is 0 Å². The molecule has 0 saturated heterocycles. The third-order valence-electron chi connectivity index (χ3n) is 3.88. The number of esters is 1. The van der Waals surface area contributed by atoms with Gasteiger partial charge in [-0.05, 0) is 36.8 Å². The zero-order valence-electron chi connectivity index (χ0n) is 14.0. The van der Waals surface area contributed by atoms with Gasteiger partial charge in [-0.25, -0.2) is 4.79 Å². The minimum absolute atomic E-state index is 0.197.